The summed E-state index contributed by atoms with van der Waals surface area (Å²) in [6, 6.07) is 22.1. The minimum Gasteiger partial charge on any atom is -0.724 e. The molecule has 264 valence electrons. The van der Waals surface area contributed by atoms with Gasteiger partial charge in [-0.1, -0.05) is 63.8 Å². The molecule has 9 nitrogen and oxygen atoms in total. The molecule has 0 atom stereocenters. The third-order valence-corrected chi connectivity index (χ3v) is 10.7. The summed E-state index contributed by atoms with van der Waals surface area (Å²) in [5.74, 6) is 2.79. The number of carbonyl (C=O) groups is 1. The first-order chi connectivity index (χ1) is 24.0. The second-order valence-electron chi connectivity index (χ2n) is 14.5. The van der Waals surface area contributed by atoms with Crippen LogP contribution in [0.1, 0.15) is 110 Å². The Labute approximate surface area is 295 Å². The number of esters is 1. The van der Waals surface area contributed by atoms with E-state index in [-0.39, 0.29) is 5.69 Å². The average molecular weight is 677 g/mol. The molecule has 0 amide bonds. The predicted octanol–water partition coefficient (Wildman–Crippen LogP) is 10.0. The highest BCUT2D eigenvalue weighted by molar-refractivity contribution is 5.91. The van der Waals surface area contributed by atoms with Crippen molar-refractivity contribution in [3.63, 3.8) is 0 Å². The SMILES string of the molecule is Cc1ccc(ON([O-])c2ccc(C3CCC(C)CC3)cc2N)cc1NNc1cc(OC(=O)c2ccc(C3CCC(C)CC3)cc2)cc(N)c1C. The van der Waals surface area contributed by atoms with E-state index in [2.05, 4.69) is 24.7 Å². The van der Waals surface area contributed by atoms with Gasteiger partial charge in [0.1, 0.15) is 5.75 Å². The molecule has 2 aliphatic rings. The first-order valence-corrected chi connectivity index (χ1v) is 17.9. The van der Waals surface area contributed by atoms with Gasteiger partial charge in [0.25, 0.3) is 0 Å². The molecule has 4 aromatic rings. The molecule has 2 saturated carbocycles. The van der Waals surface area contributed by atoms with Crippen molar-refractivity contribution < 1.29 is 14.4 Å². The monoisotopic (exact) mass is 676 g/mol. The van der Waals surface area contributed by atoms with Crippen molar-refractivity contribution in [2.45, 2.75) is 90.9 Å². The molecule has 0 saturated heterocycles. The van der Waals surface area contributed by atoms with Crippen molar-refractivity contribution in [3.8, 4) is 11.5 Å². The maximum absolute atomic E-state index is 13.1. The van der Waals surface area contributed by atoms with E-state index in [1.54, 1.807) is 30.3 Å². The van der Waals surface area contributed by atoms with Crippen molar-refractivity contribution in [2.24, 2.45) is 11.8 Å². The number of nitrogens with zero attached hydrogens (tertiary/aromatic N) is 1. The van der Waals surface area contributed by atoms with Crippen LogP contribution in [0.5, 0.6) is 11.5 Å². The van der Waals surface area contributed by atoms with Gasteiger partial charge in [-0.05, 0) is 116 Å². The molecule has 0 aromatic heterocycles. The number of aryl methyl sites for hydroxylation is 1. The fourth-order valence-corrected chi connectivity index (χ4v) is 7.21. The Balaban J connectivity index is 1.08. The second kappa shape index (κ2) is 15.3. The molecule has 50 heavy (non-hydrogen) atoms. The number of benzene rings is 4. The predicted molar refractivity (Wildman–Crippen MR) is 203 cm³/mol. The van der Waals surface area contributed by atoms with Crippen LogP contribution in [0, 0.1) is 30.9 Å². The Morgan fingerprint density at radius 1 is 0.700 bits per heavy atom. The summed E-state index contributed by atoms with van der Waals surface area (Å²) in [5.41, 5.74) is 26.1. The van der Waals surface area contributed by atoms with E-state index in [1.165, 1.54) is 49.7 Å². The highest BCUT2D eigenvalue weighted by Crippen LogP contribution is 2.39. The van der Waals surface area contributed by atoms with E-state index >= 15 is 0 Å². The van der Waals surface area contributed by atoms with Gasteiger partial charge < -0.3 is 37.1 Å². The minimum atomic E-state index is -0.447. The zero-order valence-electron chi connectivity index (χ0n) is 29.6. The third-order valence-electron chi connectivity index (χ3n) is 10.7. The molecule has 2 fully saturated rings. The summed E-state index contributed by atoms with van der Waals surface area (Å²) in [6.45, 7) is 8.43. The maximum atomic E-state index is 13.1. The molecule has 0 unspecified atom stereocenters. The van der Waals surface area contributed by atoms with Crippen LogP contribution in [0.2, 0.25) is 0 Å². The van der Waals surface area contributed by atoms with E-state index in [0.717, 1.165) is 35.8 Å². The molecule has 0 radical (unpaired) electrons. The van der Waals surface area contributed by atoms with Crippen LogP contribution in [0.4, 0.5) is 28.4 Å². The lowest BCUT2D eigenvalue weighted by Gasteiger charge is -2.32. The van der Waals surface area contributed by atoms with Crippen LogP contribution < -0.4 is 37.1 Å². The first kappa shape index (κ1) is 35.0. The summed E-state index contributed by atoms with van der Waals surface area (Å²) in [7, 11) is 0. The molecule has 0 heterocycles. The maximum Gasteiger partial charge on any atom is 0.343 e. The number of nitrogen functional groups attached to an aromatic ring is 2. The largest absolute Gasteiger partial charge is 0.724 e. The molecule has 6 rings (SSSR count). The van der Waals surface area contributed by atoms with E-state index in [4.69, 9.17) is 21.0 Å². The number of hydrazine groups is 1. The van der Waals surface area contributed by atoms with Crippen LogP contribution in [0.25, 0.3) is 0 Å². The number of hydrogen-bond acceptors (Lipinski definition) is 9. The molecule has 4 aromatic carbocycles. The first-order valence-electron chi connectivity index (χ1n) is 17.9. The molecule has 0 aliphatic heterocycles. The van der Waals surface area contributed by atoms with Crippen molar-refractivity contribution in [1.82, 2.24) is 0 Å². The van der Waals surface area contributed by atoms with Crippen molar-refractivity contribution in [3.05, 3.63) is 106 Å². The van der Waals surface area contributed by atoms with Gasteiger partial charge in [-0.15, -0.1) is 0 Å². The van der Waals surface area contributed by atoms with Crippen molar-refractivity contribution >= 4 is 34.4 Å². The number of nitrogens with two attached hydrogens (primary N) is 2. The molecular formula is C41H50N5O4-. The summed E-state index contributed by atoms with van der Waals surface area (Å²) in [5, 5.41) is 13.5. The van der Waals surface area contributed by atoms with Crippen LogP contribution in [-0.2, 0) is 0 Å². The summed E-state index contributed by atoms with van der Waals surface area (Å²) < 4.78 is 5.76. The van der Waals surface area contributed by atoms with Gasteiger partial charge in [0.05, 0.1) is 28.3 Å². The summed E-state index contributed by atoms with van der Waals surface area (Å²) in [4.78, 5) is 18.7. The number of hydrogen-bond donors (Lipinski definition) is 4. The quantitative estimate of drug-likeness (QED) is 0.0559. The van der Waals surface area contributed by atoms with Gasteiger partial charge in [-0.25, -0.2) is 4.79 Å². The van der Waals surface area contributed by atoms with Crippen LogP contribution in [0.3, 0.4) is 0 Å². The van der Waals surface area contributed by atoms with Gasteiger partial charge in [-0.2, -0.15) is 0 Å². The van der Waals surface area contributed by atoms with Gasteiger partial charge >= 0.3 is 5.97 Å². The lowest BCUT2D eigenvalue weighted by Crippen LogP contribution is -2.21. The lowest BCUT2D eigenvalue weighted by molar-refractivity contribution is 0.0735. The number of ether oxygens (including phenoxy) is 1. The van der Waals surface area contributed by atoms with E-state index in [9.17, 15) is 10.0 Å². The highest BCUT2D eigenvalue weighted by Gasteiger charge is 2.22. The Hall–Kier alpha value is -4.89. The van der Waals surface area contributed by atoms with E-state index in [1.807, 2.05) is 56.3 Å². The molecule has 2 aliphatic carbocycles. The van der Waals surface area contributed by atoms with E-state index < -0.39 is 5.97 Å². The second-order valence-corrected chi connectivity index (χ2v) is 14.5. The zero-order valence-corrected chi connectivity index (χ0v) is 29.6. The Morgan fingerprint density at radius 2 is 1.28 bits per heavy atom. The zero-order chi connectivity index (χ0) is 35.4. The smallest absolute Gasteiger partial charge is 0.343 e. The third kappa shape index (κ3) is 8.28. The average Bonchev–Trinajstić information content (AvgIpc) is 3.11. The Bertz CT molecular complexity index is 1790. The topological polar surface area (TPSA) is 138 Å². The molecular weight excluding hydrogens is 626 g/mol. The van der Waals surface area contributed by atoms with Gasteiger partial charge in [0.15, 0.2) is 5.75 Å². The molecule has 0 spiro atoms. The number of rotatable bonds is 10. The normalized spacial score (nSPS) is 20.5. The van der Waals surface area contributed by atoms with Gasteiger partial charge in [-0.3, -0.25) is 5.23 Å². The summed E-state index contributed by atoms with van der Waals surface area (Å²) >= 11 is 0. The van der Waals surface area contributed by atoms with Crippen molar-refractivity contribution in [2.75, 3.05) is 27.5 Å². The Kier molecular flexibility index (Phi) is 10.7. The molecule has 6 N–H and O–H groups in total. The van der Waals surface area contributed by atoms with Gasteiger partial charge in [0, 0.05) is 23.9 Å². The van der Waals surface area contributed by atoms with Crippen LogP contribution in [0.15, 0.2) is 72.8 Å². The van der Waals surface area contributed by atoms with Crippen LogP contribution in [-0.4, -0.2) is 5.97 Å². The lowest BCUT2D eigenvalue weighted by atomic mass is 9.79. The summed E-state index contributed by atoms with van der Waals surface area (Å²) in [6.07, 6.45) is 9.57. The molecule has 9 heteroatoms. The van der Waals surface area contributed by atoms with Crippen LogP contribution >= 0.6 is 0 Å². The molecule has 0 bridgehead atoms. The number of carbonyl (C=O) groups excluding carboxylic acids is 1. The fourth-order valence-electron chi connectivity index (χ4n) is 7.21. The minimum absolute atomic E-state index is 0.262. The number of nitrogens with one attached hydrogen (secondary N) is 2. The number of anilines is 5. The Morgan fingerprint density at radius 3 is 1.92 bits per heavy atom. The standard InChI is InChI=1S/C41H50N5O4/c1-25-5-10-29(11-6-25)30-14-16-32(17-15-30)41(47)49-35-22-36(42)28(4)39(24-35)45-44-38-23-34(19-9-27(38)3)50-46(48)40-20-18-33(21-37(40)43)31-12-7-26(2)8-13-31/h9,14-26,29,31,44-45H,5-8,10-13,42-43H2,1-4H3/q-1. The van der Waals surface area contributed by atoms with Crippen molar-refractivity contribution in [1.29, 1.82) is 0 Å². The highest BCUT2D eigenvalue weighted by atomic mass is 16.9. The van der Waals surface area contributed by atoms with E-state index in [0.29, 0.717) is 56.9 Å². The fraction of sp³-hybridized carbons (Fsp3) is 0.390. The van der Waals surface area contributed by atoms with Gasteiger partial charge in [0.2, 0.25) is 0 Å².